The van der Waals surface area contributed by atoms with E-state index in [1.165, 1.54) is 0 Å². The van der Waals surface area contributed by atoms with Crippen molar-refractivity contribution in [2.24, 2.45) is 0 Å². The third kappa shape index (κ3) is 20.4. The molecule has 0 saturated heterocycles. The van der Waals surface area contributed by atoms with Crippen molar-refractivity contribution in [3.63, 3.8) is 0 Å². The minimum Gasteiger partial charge on any atom is -1.00 e. The first-order valence-electron chi connectivity index (χ1n) is 4.59. The van der Waals surface area contributed by atoms with Crippen LogP contribution in [0.15, 0.2) is 36.5 Å². The van der Waals surface area contributed by atoms with E-state index in [0.29, 0.717) is 0 Å². The minimum atomic E-state index is 0. The molecule has 0 aromatic rings. The monoisotopic (exact) mass is 314 g/mol. The van der Waals surface area contributed by atoms with Crippen molar-refractivity contribution in [3.05, 3.63) is 48.6 Å². The van der Waals surface area contributed by atoms with E-state index in [-0.39, 0.29) is 38.6 Å². The molecule has 2 aliphatic carbocycles. The summed E-state index contributed by atoms with van der Waals surface area (Å²) in [7, 11) is 0.750. The van der Waals surface area contributed by atoms with Gasteiger partial charge in [0.25, 0.3) is 0 Å². The van der Waals surface area contributed by atoms with E-state index in [2.05, 4.69) is 37.4 Å². The predicted octanol–water partition coefficient (Wildman–Crippen LogP) is 0.132. The van der Waals surface area contributed by atoms with Crippen molar-refractivity contribution >= 4 is 9.52 Å². The number of allylic oxidation sites excluding steroid dienone is 8. The van der Waals surface area contributed by atoms with Crippen LogP contribution >= 0.6 is 0 Å². The molecule has 2 radical (unpaired) electrons. The zero-order valence-electron chi connectivity index (χ0n) is 9.33. The fraction of sp³-hybridized carbons (Fsp3) is 0.333. The molecule has 0 heterocycles. The largest absolute Gasteiger partial charge is 3.00 e. The van der Waals surface area contributed by atoms with Crippen molar-refractivity contribution in [2.75, 3.05) is 0 Å². The molecule has 0 amide bonds. The molecule has 0 nitrogen and oxygen atoms in total. The third-order valence-electron chi connectivity index (χ3n) is 1.17. The van der Waals surface area contributed by atoms with Gasteiger partial charge in [0.15, 0.2) is 0 Å². The smallest absolute Gasteiger partial charge is 1.00 e. The quantitative estimate of drug-likeness (QED) is 0.440. The molecular formula is C12H17ClSiZr. The summed E-state index contributed by atoms with van der Waals surface area (Å²) >= 11 is 0. The van der Waals surface area contributed by atoms with Crippen LogP contribution in [-0.4, -0.2) is 9.52 Å². The average molecular weight is 316 g/mol. The van der Waals surface area contributed by atoms with Crippen LogP contribution in [0.2, 0.25) is 13.1 Å². The fourth-order valence-corrected chi connectivity index (χ4v) is 0.680. The number of hydrogen-bond acceptors (Lipinski definition) is 0. The van der Waals surface area contributed by atoms with Crippen LogP contribution in [0.1, 0.15) is 12.8 Å². The van der Waals surface area contributed by atoms with Gasteiger partial charge in [0.2, 0.25) is 0 Å². The Balaban J connectivity index is -0.000000140. The Kier molecular flexibility index (Phi) is 27.4. The van der Waals surface area contributed by atoms with Gasteiger partial charge < -0.3 is 12.4 Å². The zero-order chi connectivity index (χ0) is 9.78. The van der Waals surface area contributed by atoms with Gasteiger partial charge in [-0.25, -0.2) is 24.3 Å². The molecule has 0 spiro atoms. The second-order valence-corrected chi connectivity index (χ2v) is 3.74. The van der Waals surface area contributed by atoms with Crippen LogP contribution in [0.4, 0.5) is 0 Å². The zero-order valence-corrected chi connectivity index (χ0v) is 13.7. The van der Waals surface area contributed by atoms with Gasteiger partial charge >= 0.3 is 26.2 Å². The first-order valence-corrected chi connectivity index (χ1v) is 6.90. The van der Waals surface area contributed by atoms with Gasteiger partial charge in [-0.15, -0.1) is 12.8 Å². The molecular weight excluding hydrogens is 299 g/mol. The van der Waals surface area contributed by atoms with Crippen LogP contribution < -0.4 is 12.4 Å². The maximum absolute atomic E-state index is 2.99. The molecule has 0 atom stereocenters. The third-order valence-corrected chi connectivity index (χ3v) is 1.17. The molecule has 0 N–H and O–H groups in total. The Morgan fingerprint density at radius 3 is 1.33 bits per heavy atom. The summed E-state index contributed by atoms with van der Waals surface area (Å²) in [5.74, 6) is 0. The van der Waals surface area contributed by atoms with Crippen LogP contribution in [0.3, 0.4) is 0 Å². The van der Waals surface area contributed by atoms with Gasteiger partial charge in [-0.05, 0) is 0 Å². The van der Waals surface area contributed by atoms with E-state index >= 15 is 0 Å². The predicted molar refractivity (Wildman–Crippen MR) is 62.0 cm³/mol. The summed E-state index contributed by atoms with van der Waals surface area (Å²) in [6.07, 6.45) is 20.0. The Bertz CT molecular complexity index is 166. The molecule has 80 valence electrons. The molecule has 15 heavy (non-hydrogen) atoms. The van der Waals surface area contributed by atoms with Crippen molar-refractivity contribution in [1.82, 2.24) is 0 Å². The Hall–Kier alpha value is 0.350. The Morgan fingerprint density at radius 1 is 0.933 bits per heavy atom. The van der Waals surface area contributed by atoms with Crippen molar-refractivity contribution < 1.29 is 38.6 Å². The molecule has 0 aliphatic heterocycles. The first-order chi connectivity index (χ1) is 6.41. The summed E-state index contributed by atoms with van der Waals surface area (Å²) in [6.45, 7) is 4.42. The van der Waals surface area contributed by atoms with Crippen LogP contribution in [-0.2, 0) is 26.2 Å². The normalized spacial score (nSPS) is 12.9. The second-order valence-electron chi connectivity index (χ2n) is 2.58. The van der Waals surface area contributed by atoms with E-state index in [4.69, 9.17) is 0 Å². The van der Waals surface area contributed by atoms with Crippen molar-refractivity contribution in [1.29, 1.82) is 0 Å². The van der Waals surface area contributed by atoms with Crippen molar-refractivity contribution in [2.45, 2.75) is 25.9 Å². The number of rotatable bonds is 0. The number of halogens is 1. The molecule has 0 bridgehead atoms. The van der Waals surface area contributed by atoms with E-state index in [1.807, 2.05) is 24.3 Å². The van der Waals surface area contributed by atoms with E-state index < -0.39 is 0 Å². The summed E-state index contributed by atoms with van der Waals surface area (Å²) < 4.78 is 0. The van der Waals surface area contributed by atoms with E-state index in [9.17, 15) is 0 Å². The van der Waals surface area contributed by atoms with E-state index in [0.717, 1.165) is 22.4 Å². The summed E-state index contributed by atoms with van der Waals surface area (Å²) in [5, 5.41) is 0. The molecule has 0 fully saturated rings. The summed E-state index contributed by atoms with van der Waals surface area (Å²) in [5.41, 5.74) is 0. The molecule has 2 aliphatic rings. The maximum Gasteiger partial charge on any atom is 3.00 e. The second kappa shape index (κ2) is 19.9. The SMILES string of the molecule is C[SiH]C.[C-]1=CC=CC1.[C-]1=CC=CC1.[Cl-].[Zr+3]. The van der Waals surface area contributed by atoms with Crippen LogP contribution in [0, 0.1) is 12.2 Å². The molecule has 0 saturated carbocycles. The van der Waals surface area contributed by atoms with Gasteiger partial charge in [0, 0.05) is 9.52 Å². The summed E-state index contributed by atoms with van der Waals surface area (Å²) in [4.78, 5) is 0. The van der Waals surface area contributed by atoms with Gasteiger partial charge in [-0.1, -0.05) is 13.1 Å². The maximum atomic E-state index is 2.99. The Morgan fingerprint density at radius 2 is 1.27 bits per heavy atom. The summed E-state index contributed by atoms with van der Waals surface area (Å²) in [6, 6.07) is 0. The van der Waals surface area contributed by atoms with Gasteiger partial charge in [0.1, 0.15) is 0 Å². The molecule has 0 unspecified atom stereocenters. The molecule has 0 aromatic heterocycles. The Labute approximate surface area is 122 Å². The van der Waals surface area contributed by atoms with Gasteiger partial charge in [-0.3, -0.25) is 12.2 Å². The topological polar surface area (TPSA) is 0 Å². The van der Waals surface area contributed by atoms with Crippen LogP contribution in [0.5, 0.6) is 0 Å². The molecule has 2 rings (SSSR count). The minimum absolute atomic E-state index is 0. The first kappa shape index (κ1) is 20.7. The fourth-order valence-electron chi connectivity index (χ4n) is 0.680. The molecule has 0 aromatic carbocycles. The van der Waals surface area contributed by atoms with Gasteiger partial charge in [-0.2, -0.15) is 12.2 Å². The molecule has 3 heteroatoms. The average Bonchev–Trinajstić information content (AvgIpc) is 2.85. The van der Waals surface area contributed by atoms with Crippen molar-refractivity contribution in [3.8, 4) is 0 Å². The number of hydrogen-bond donors (Lipinski definition) is 0. The standard InChI is InChI=1S/2C5H5.C2H7Si.ClH.Zr/c2*1-2-4-5-3-1;1-3-2;;/h2*1-3H,4H2;3H,1-2H3;1H;/q2*-1;;;+3/p-1. The van der Waals surface area contributed by atoms with Gasteiger partial charge in [0.05, 0.1) is 0 Å². The van der Waals surface area contributed by atoms with Crippen LogP contribution in [0.25, 0.3) is 0 Å². The van der Waals surface area contributed by atoms with E-state index in [1.54, 1.807) is 0 Å².